The Morgan fingerprint density at radius 3 is 2.75 bits per heavy atom. The molecule has 4 nitrogen and oxygen atoms in total. The maximum absolute atomic E-state index is 11.5. The summed E-state index contributed by atoms with van der Waals surface area (Å²) in [6.07, 6.45) is 5.35. The summed E-state index contributed by atoms with van der Waals surface area (Å²) in [5.41, 5.74) is 5.81. The number of ether oxygens (including phenoxy) is 1. The van der Waals surface area contributed by atoms with Gasteiger partial charge in [0.2, 0.25) is 5.91 Å². The van der Waals surface area contributed by atoms with Gasteiger partial charge in [-0.05, 0) is 32.6 Å². The molecular weight excluding hydrogens is 204 g/mol. The Balaban J connectivity index is 2.25. The van der Waals surface area contributed by atoms with Gasteiger partial charge in [0, 0.05) is 12.6 Å². The SMILES string of the molecule is C=CCNC(=O)C(C)OC1CCC(N)CC1. The molecule has 1 amide bonds. The third kappa shape index (κ3) is 4.33. The first-order valence-corrected chi connectivity index (χ1v) is 5.93. The van der Waals surface area contributed by atoms with Crippen LogP contribution in [-0.2, 0) is 9.53 Å². The van der Waals surface area contributed by atoms with Crippen LogP contribution >= 0.6 is 0 Å². The predicted octanol–water partition coefficient (Wildman–Crippen LogP) is 0.964. The van der Waals surface area contributed by atoms with Gasteiger partial charge >= 0.3 is 0 Å². The van der Waals surface area contributed by atoms with E-state index in [1.54, 1.807) is 13.0 Å². The molecule has 1 fully saturated rings. The highest BCUT2D eigenvalue weighted by molar-refractivity contribution is 5.80. The lowest BCUT2D eigenvalue weighted by Gasteiger charge is -2.28. The first-order chi connectivity index (χ1) is 7.63. The zero-order valence-electron chi connectivity index (χ0n) is 9.95. The molecule has 1 aliphatic rings. The van der Waals surface area contributed by atoms with Gasteiger partial charge in [-0.3, -0.25) is 4.79 Å². The molecule has 1 atom stereocenters. The van der Waals surface area contributed by atoms with E-state index >= 15 is 0 Å². The molecular formula is C12H22N2O2. The number of hydrogen-bond acceptors (Lipinski definition) is 3. The van der Waals surface area contributed by atoms with Crippen molar-refractivity contribution >= 4 is 5.91 Å². The maximum atomic E-state index is 11.5. The second kappa shape index (κ2) is 6.66. The van der Waals surface area contributed by atoms with Gasteiger partial charge in [0.25, 0.3) is 0 Å². The monoisotopic (exact) mass is 226 g/mol. The summed E-state index contributed by atoms with van der Waals surface area (Å²) in [5, 5.41) is 2.72. The Kier molecular flexibility index (Phi) is 5.49. The average Bonchev–Trinajstić information content (AvgIpc) is 2.29. The van der Waals surface area contributed by atoms with E-state index in [0.29, 0.717) is 12.6 Å². The van der Waals surface area contributed by atoms with E-state index in [0.717, 1.165) is 25.7 Å². The topological polar surface area (TPSA) is 64.3 Å². The van der Waals surface area contributed by atoms with E-state index in [4.69, 9.17) is 10.5 Å². The van der Waals surface area contributed by atoms with Crippen LogP contribution in [0.2, 0.25) is 0 Å². The number of carbonyl (C=O) groups excluding carboxylic acids is 1. The van der Waals surface area contributed by atoms with Gasteiger partial charge in [-0.25, -0.2) is 0 Å². The summed E-state index contributed by atoms with van der Waals surface area (Å²) in [7, 11) is 0. The lowest BCUT2D eigenvalue weighted by Crippen LogP contribution is -2.39. The van der Waals surface area contributed by atoms with Crippen LogP contribution in [0.15, 0.2) is 12.7 Å². The summed E-state index contributed by atoms with van der Waals surface area (Å²) in [4.78, 5) is 11.5. The Hall–Kier alpha value is -0.870. The normalized spacial score (nSPS) is 27.1. The fourth-order valence-electron chi connectivity index (χ4n) is 1.89. The van der Waals surface area contributed by atoms with Gasteiger partial charge in [-0.1, -0.05) is 6.08 Å². The highest BCUT2D eigenvalue weighted by Gasteiger charge is 2.23. The minimum Gasteiger partial charge on any atom is -0.365 e. The third-order valence-electron chi connectivity index (χ3n) is 2.91. The van der Waals surface area contributed by atoms with Gasteiger partial charge in [-0.15, -0.1) is 6.58 Å². The molecule has 1 unspecified atom stereocenters. The van der Waals surface area contributed by atoms with Crippen molar-refractivity contribution in [2.45, 2.75) is 50.9 Å². The molecule has 0 aromatic carbocycles. The number of nitrogens with one attached hydrogen (secondary N) is 1. The molecule has 4 heteroatoms. The highest BCUT2D eigenvalue weighted by atomic mass is 16.5. The van der Waals surface area contributed by atoms with Crippen LogP contribution in [0.5, 0.6) is 0 Å². The largest absolute Gasteiger partial charge is 0.365 e. The first-order valence-electron chi connectivity index (χ1n) is 5.93. The zero-order valence-corrected chi connectivity index (χ0v) is 9.95. The van der Waals surface area contributed by atoms with E-state index in [2.05, 4.69) is 11.9 Å². The molecule has 0 aromatic rings. The molecule has 0 bridgehead atoms. The zero-order chi connectivity index (χ0) is 12.0. The Bertz CT molecular complexity index is 235. The fourth-order valence-corrected chi connectivity index (χ4v) is 1.89. The van der Waals surface area contributed by atoms with Crippen LogP contribution in [0, 0.1) is 0 Å². The van der Waals surface area contributed by atoms with Gasteiger partial charge in [-0.2, -0.15) is 0 Å². The van der Waals surface area contributed by atoms with Crippen LogP contribution in [0.25, 0.3) is 0 Å². The van der Waals surface area contributed by atoms with E-state index in [-0.39, 0.29) is 18.1 Å². The van der Waals surface area contributed by atoms with Crippen molar-refractivity contribution in [1.82, 2.24) is 5.32 Å². The molecule has 16 heavy (non-hydrogen) atoms. The minimum atomic E-state index is -0.390. The molecule has 92 valence electrons. The lowest BCUT2D eigenvalue weighted by molar-refractivity contribution is -0.136. The van der Waals surface area contributed by atoms with E-state index < -0.39 is 0 Å². The molecule has 0 saturated heterocycles. The van der Waals surface area contributed by atoms with Crippen LogP contribution in [0.4, 0.5) is 0 Å². The second-order valence-electron chi connectivity index (χ2n) is 4.35. The third-order valence-corrected chi connectivity index (χ3v) is 2.91. The molecule has 1 rings (SSSR count). The summed E-state index contributed by atoms with van der Waals surface area (Å²) in [6.45, 7) is 5.82. The Morgan fingerprint density at radius 1 is 1.56 bits per heavy atom. The molecule has 3 N–H and O–H groups in total. The van der Waals surface area contributed by atoms with Crippen molar-refractivity contribution in [3.05, 3.63) is 12.7 Å². The minimum absolute atomic E-state index is 0.0743. The molecule has 0 spiro atoms. The van der Waals surface area contributed by atoms with Crippen LogP contribution in [-0.4, -0.2) is 30.7 Å². The second-order valence-corrected chi connectivity index (χ2v) is 4.35. The number of carbonyl (C=O) groups is 1. The van der Waals surface area contributed by atoms with Crippen LogP contribution < -0.4 is 11.1 Å². The van der Waals surface area contributed by atoms with Gasteiger partial charge in [0.15, 0.2) is 0 Å². The summed E-state index contributed by atoms with van der Waals surface area (Å²) in [6, 6.07) is 0.310. The van der Waals surface area contributed by atoms with Crippen molar-refractivity contribution in [3.63, 3.8) is 0 Å². The van der Waals surface area contributed by atoms with E-state index in [9.17, 15) is 4.79 Å². The number of nitrogens with two attached hydrogens (primary N) is 1. The predicted molar refractivity (Wildman–Crippen MR) is 64.0 cm³/mol. The first kappa shape index (κ1) is 13.2. The molecule has 0 heterocycles. The summed E-state index contributed by atoms with van der Waals surface area (Å²) < 4.78 is 5.70. The highest BCUT2D eigenvalue weighted by Crippen LogP contribution is 2.20. The number of rotatable bonds is 5. The molecule has 0 radical (unpaired) electrons. The Labute approximate surface area is 97.2 Å². The van der Waals surface area contributed by atoms with Gasteiger partial charge in [0.1, 0.15) is 6.10 Å². The van der Waals surface area contributed by atoms with Crippen molar-refractivity contribution in [3.8, 4) is 0 Å². The number of hydrogen-bond donors (Lipinski definition) is 2. The quantitative estimate of drug-likeness (QED) is 0.686. The van der Waals surface area contributed by atoms with Crippen molar-refractivity contribution in [2.24, 2.45) is 5.73 Å². The summed E-state index contributed by atoms with van der Waals surface area (Å²) >= 11 is 0. The van der Waals surface area contributed by atoms with Crippen LogP contribution in [0.3, 0.4) is 0 Å². The van der Waals surface area contributed by atoms with Crippen molar-refractivity contribution in [2.75, 3.05) is 6.54 Å². The average molecular weight is 226 g/mol. The smallest absolute Gasteiger partial charge is 0.249 e. The summed E-state index contributed by atoms with van der Waals surface area (Å²) in [5.74, 6) is -0.0743. The Morgan fingerprint density at radius 2 is 2.19 bits per heavy atom. The van der Waals surface area contributed by atoms with E-state index in [1.807, 2.05) is 0 Å². The van der Waals surface area contributed by atoms with Crippen LogP contribution in [0.1, 0.15) is 32.6 Å². The molecule has 1 aliphatic carbocycles. The van der Waals surface area contributed by atoms with E-state index in [1.165, 1.54) is 0 Å². The van der Waals surface area contributed by atoms with Gasteiger partial charge in [0.05, 0.1) is 6.10 Å². The lowest BCUT2D eigenvalue weighted by atomic mass is 9.93. The molecule has 1 saturated carbocycles. The molecule has 0 aromatic heterocycles. The fraction of sp³-hybridized carbons (Fsp3) is 0.750. The van der Waals surface area contributed by atoms with Crippen molar-refractivity contribution in [1.29, 1.82) is 0 Å². The van der Waals surface area contributed by atoms with Crippen molar-refractivity contribution < 1.29 is 9.53 Å². The maximum Gasteiger partial charge on any atom is 0.249 e. The van der Waals surface area contributed by atoms with Gasteiger partial charge < -0.3 is 15.8 Å². The standard InChI is InChI=1S/C12H22N2O2/c1-3-8-14-12(15)9(2)16-11-6-4-10(13)5-7-11/h3,9-11H,1,4-8,13H2,2H3,(H,14,15). The number of amides is 1. The molecule has 0 aliphatic heterocycles.